The first-order valence-electron chi connectivity index (χ1n) is 11.4. The van der Waals surface area contributed by atoms with Crippen molar-refractivity contribution in [2.75, 3.05) is 25.8 Å². The molecule has 0 aliphatic carbocycles. The number of nitrogens with one attached hydrogen (secondary N) is 1. The van der Waals surface area contributed by atoms with Gasteiger partial charge in [-0.05, 0) is 23.9 Å². The van der Waals surface area contributed by atoms with Gasteiger partial charge in [0.2, 0.25) is 11.9 Å². The third-order valence-corrected chi connectivity index (χ3v) is 6.87. The van der Waals surface area contributed by atoms with Crippen molar-refractivity contribution in [1.29, 1.82) is 0 Å². The quantitative estimate of drug-likeness (QED) is 0.200. The summed E-state index contributed by atoms with van der Waals surface area (Å²) in [6, 6.07) is 8.97. The monoisotopic (exact) mass is 523 g/mol. The van der Waals surface area contributed by atoms with Crippen LogP contribution in [-0.4, -0.2) is 50.4 Å². The van der Waals surface area contributed by atoms with Gasteiger partial charge >= 0.3 is 0 Å². The lowest BCUT2D eigenvalue weighted by Gasteiger charge is -2.17. The first-order chi connectivity index (χ1) is 18.0. The second kappa shape index (κ2) is 11.0. The normalized spacial score (nSPS) is 12.2. The van der Waals surface area contributed by atoms with Crippen LogP contribution in [0.4, 0.5) is 14.7 Å². The maximum atomic E-state index is 14.8. The number of hydrogen-bond acceptors (Lipinski definition) is 9. The van der Waals surface area contributed by atoms with Crippen LogP contribution in [0.5, 0.6) is 0 Å². The lowest BCUT2D eigenvalue weighted by Crippen LogP contribution is -2.13. The van der Waals surface area contributed by atoms with Gasteiger partial charge in [-0.2, -0.15) is 4.39 Å². The molecule has 4 aromatic heterocycles. The van der Waals surface area contributed by atoms with Crippen molar-refractivity contribution < 1.29 is 18.3 Å². The van der Waals surface area contributed by atoms with Gasteiger partial charge in [0, 0.05) is 47.9 Å². The highest BCUT2D eigenvalue weighted by Gasteiger charge is 2.19. The predicted octanol–water partition coefficient (Wildman–Crippen LogP) is 5.08. The molecule has 37 heavy (non-hydrogen) atoms. The van der Waals surface area contributed by atoms with E-state index in [2.05, 4.69) is 30.6 Å². The summed E-state index contributed by atoms with van der Waals surface area (Å²) in [6.07, 6.45) is 5.58. The maximum Gasteiger partial charge on any atom is 0.223 e. The number of rotatable bonds is 10. The van der Waals surface area contributed by atoms with Gasteiger partial charge in [-0.3, -0.25) is 4.68 Å². The van der Waals surface area contributed by atoms with Crippen LogP contribution in [0.1, 0.15) is 18.6 Å². The number of anilines is 1. The van der Waals surface area contributed by atoms with Crippen LogP contribution in [0.3, 0.4) is 0 Å². The molecule has 0 radical (unpaired) electrons. The van der Waals surface area contributed by atoms with Gasteiger partial charge in [0.05, 0.1) is 29.9 Å². The van der Waals surface area contributed by atoms with E-state index < -0.39 is 11.8 Å². The fourth-order valence-corrected chi connectivity index (χ4v) is 5.09. The Kier molecular flexibility index (Phi) is 7.40. The average molecular weight is 524 g/mol. The first kappa shape index (κ1) is 24.8. The molecular weight excluding hydrogens is 500 g/mol. The Morgan fingerprint density at radius 3 is 2.84 bits per heavy atom. The number of benzene rings is 1. The Labute approximate surface area is 215 Å². The summed E-state index contributed by atoms with van der Waals surface area (Å²) in [6.45, 7) is 2.99. The summed E-state index contributed by atoms with van der Waals surface area (Å²) in [4.78, 5) is 12.9. The lowest BCUT2D eigenvalue weighted by molar-refractivity contribution is -0.0665. The van der Waals surface area contributed by atoms with Gasteiger partial charge in [0.25, 0.3) is 0 Å². The summed E-state index contributed by atoms with van der Waals surface area (Å²) in [5.74, 6) is -0.834. The molecule has 1 atom stereocenters. The van der Waals surface area contributed by atoms with Crippen LogP contribution in [-0.2, 0) is 16.0 Å². The predicted molar refractivity (Wildman–Crippen MR) is 136 cm³/mol. The van der Waals surface area contributed by atoms with E-state index >= 15 is 0 Å². The SMILES string of the molecule is COCOC(C)c1cnc(F)cc1-c1cccc2cc(-c3nc(NCCn4ccnn4)ncc3F)sc12. The van der Waals surface area contributed by atoms with Crippen molar-refractivity contribution in [2.24, 2.45) is 0 Å². The molecule has 0 spiro atoms. The van der Waals surface area contributed by atoms with Gasteiger partial charge in [0.15, 0.2) is 5.82 Å². The summed E-state index contributed by atoms with van der Waals surface area (Å²) >= 11 is 1.37. The number of methoxy groups -OCH3 is 1. The van der Waals surface area contributed by atoms with E-state index in [9.17, 15) is 8.78 Å². The highest BCUT2D eigenvalue weighted by Crippen LogP contribution is 2.41. The van der Waals surface area contributed by atoms with E-state index in [0.717, 1.165) is 21.8 Å². The number of fused-ring (bicyclic) bond motifs is 1. The van der Waals surface area contributed by atoms with E-state index in [-0.39, 0.29) is 18.6 Å². The largest absolute Gasteiger partial charge is 0.359 e. The van der Waals surface area contributed by atoms with Crippen molar-refractivity contribution in [3.63, 3.8) is 0 Å². The number of nitrogens with zero attached hydrogens (tertiary/aromatic N) is 6. The van der Waals surface area contributed by atoms with E-state index in [4.69, 9.17) is 9.47 Å². The topological polar surface area (TPSA) is 99.9 Å². The molecule has 5 aromatic rings. The van der Waals surface area contributed by atoms with Gasteiger partial charge in [0.1, 0.15) is 12.5 Å². The highest BCUT2D eigenvalue weighted by molar-refractivity contribution is 7.22. The highest BCUT2D eigenvalue weighted by atomic mass is 32.1. The molecule has 0 saturated heterocycles. The maximum absolute atomic E-state index is 14.8. The van der Waals surface area contributed by atoms with Crippen LogP contribution >= 0.6 is 11.3 Å². The van der Waals surface area contributed by atoms with Crippen LogP contribution in [0.2, 0.25) is 0 Å². The molecule has 1 N–H and O–H groups in total. The van der Waals surface area contributed by atoms with E-state index in [1.54, 1.807) is 17.1 Å². The summed E-state index contributed by atoms with van der Waals surface area (Å²) in [5.41, 5.74) is 2.34. The molecule has 0 amide bonds. The van der Waals surface area contributed by atoms with Crippen molar-refractivity contribution in [3.8, 4) is 21.7 Å². The molecular formula is C25H23F2N7O2S. The Hall–Kier alpha value is -3.87. The minimum atomic E-state index is -0.602. The fourth-order valence-electron chi connectivity index (χ4n) is 3.91. The summed E-state index contributed by atoms with van der Waals surface area (Å²) in [5, 5.41) is 11.6. The number of pyridine rings is 1. The molecule has 190 valence electrons. The molecule has 1 aromatic carbocycles. The van der Waals surface area contributed by atoms with Crippen molar-refractivity contribution in [1.82, 2.24) is 29.9 Å². The molecule has 12 heteroatoms. The summed E-state index contributed by atoms with van der Waals surface area (Å²) < 4.78 is 42.3. The van der Waals surface area contributed by atoms with Gasteiger partial charge in [-0.15, -0.1) is 16.4 Å². The van der Waals surface area contributed by atoms with E-state index in [1.807, 2.05) is 31.2 Å². The molecule has 0 fully saturated rings. The van der Waals surface area contributed by atoms with Crippen LogP contribution < -0.4 is 5.32 Å². The van der Waals surface area contributed by atoms with Crippen molar-refractivity contribution in [3.05, 3.63) is 72.4 Å². The molecule has 0 bridgehead atoms. The third-order valence-electron chi connectivity index (χ3n) is 5.68. The lowest BCUT2D eigenvalue weighted by atomic mass is 9.98. The standard InChI is InChI=1S/C25H23F2N7O2S/c1-15(36-14-35-2)19-12-29-22(27)11-18(19)17-5-3-4-16-10-21(37-24(16)17)23-20(26)13-30-25(32-23)28-6-8-34-9-7-31-33-34/h3-5,7,9-13,15H,6,8,14H2,1-2H3,(H,28,30,32). The van der Waals surface area contributed by atoms with E-state index in [0.29, 0.717) is 35.0 Å². The van der Waals surface area contributed by atoms with Crippen molar-refractivity contribution >= 4 is 27.4 Å². The minimum absolute atomic E-state index is 0.0908. The second-order valence-corrected chi connectivity index (χ2v) is 9.18. The second-order valence-electron chi connectivity index (χ2n) is 8.13. The average Bonchev–Trinajstić information content (AvgIpc) is 3.58. The number of ether oxygens (including phenoxy) is 2. The molecule has 9 nitrogen and oxygen atoms in total. The fraction of sp³-hybridized carbons (Fsp3) is 0.240. The van der Waals surface area contributed by atoms with Gasteiger partial charge in [-0.25, -0.2) is 19.3 Å². The molecule has 5 rings (SSSR count). The van der Waals surface area contributed by atoms with Crippen LogP contribution in [0.15, 0.2) is 55.1 Å². The number of hydrogen-bond donors (Lipinski definition) is 1. The van der Waals surface area contributed by atoms with E-state index in [1.165, 1.54) is 30.7 Å². The third kappa shape index (κ3) is 5.45. The number of halogens is 2. The van der Waals surface area contributed by atoms with Crippen LogP contribution in [0, 0.1) is 11.8 Å². The smallest absolute Gasteiger partial charge is 0.223 e. The molecule has 1 unspecified atom stereocenters. The molecule has 4 heterocycles. The number of aromatic nitrogens is 6. The zero-order valence-corrected chi connectivity index (χ0v) is 20.9. The zero-order valence-electron chi connectivity index (χ0n) is 20.1. The van der Waals surface area contributed by atoms with Crippen LogP contribution in [0.25, 0.3) is 31.8 Å². The van der Waals surface area contributed by atoms with Crippen molar-refractivity contribution in [2.45, 2.75) is 19.6 Å². The molecule has 0 aliphatic heterocycles. The first-order valence-corrected chi connectivity index (χ1v) is 12.2. The Morgan fingerprint density at radius 2 is 2.03 bits per heavy atom. The molecule has 0 aliphatic rings. The molecule has 0 saturated carbocycles. The Morgan fingerprint density at radius 1 is 1.14 bits per heavy atom. The zero-order chi connectivity index (χ0) is 25.8. The Balaban J connectivity index is 1.49. The Bertz CT molecular complexity index is 1510. The summed E-state index contributed by atoms with van der Waals surface area (Å²) in [7, 11) is 1.54. The van der Waals surface area contributed by atoms with Gasteiger partial charge < -0.3 is 14.8 Å². The van der Waals surface area contributed by atoms with Gasteiger partial charge in [-0.1, -0.05) is 23.4 Å². The number of thiophene rings is 1. The minimum Gasteiger partial charge on any atom is -0.359 e.